The monoisotopic (exact) mass is 466 g/mol. The summed E-state index contributed by atoms with van der Waals surface area (Å²) in [5.74, 6) is -6.44. The number of piperidine rings is 1. The number of anilines is 1. The van der Waals surface area contributed by atoms with Crippen LogP contribution in [0.1, 0.15) is 47.2 Å². The number of nitrogens with zero attached hydrogens (tertiary/aromatic N) is 1. The number of hydrogen-bond donors (Lipinski definition) is 2. The second kappa shape index (κ2) is 8.41. The van der Waals surface area contributed by atoms with Gasteiger partial charge in [-0.3, -0.25) is 9.59 Å². The fraction of sp³-hybridized carbons (Fsp3) is 0.391. The first kappa shape index (κ1) is 22.6. The molecule has 0 radical (unpaired) electrons. The van der Waals surface area contributed by atoms with Crippen LogP contribution in [0.25, 0.3) is 0 Å². The number of benzene rings is 2. The van der Waals surface area contributed by atoms with Gasteiger partial charge in [-0.05, 0) is 74.6 Å². The second-order valence-corrected chi connectivity index (χ2v) is 8.82. The summed E-state index contributed by atoms with van der Waals surface area (Å²) in [7, 11) is 0. The molecule has 2 unspecified atom stereocenters. The average molecular weight is 467 g/mol. The van der Waals surface area contributed by atoms with Crippen LogP contribution in [0.2, 0.25) is 5.02 Å². The number of fused-ring (bicyclic) bond motifs is 2. The predicted molar refractivity (Wildman–Crippen MR) is 113 cm³/mol. The summed E-state index contributed by atoms with van der Waals surface area (Å²) >= 11 is 6.01. The topological polar surface area (TPSA) is 69.6 Å². The lowest BCUT2D eigenvalue weighted by Gasteiger charge is -2.39. The molecule has 5 nitrogen and oxygen atoms in total. The minimum atomic E-state index is -3.94. The third-order valence-electron chi connectivity index (χ3n) is 6.19. The van der Waals surface area contributed by atoms with Crippen LogP contribution in [0.15, 0.2) is 36.4 Å². The highest BCUT2D eigenvalue weighted by Gasteiger charge is 2.52. The molecule has 2 N–H and O–H groups in total. The fourth-order valence-electron chi connectivity index (χ4n) is 4.59. The van der Waals surface area contributed by atoms with E-state index in [2.05, 4.69) is 5.32 Å². The Morgan fingerprint density at radius 2 is 1.78 bits per heavy atom. The predicted octanol–water partition coefficient (Wildman–Crippen LogP) is 4.65. The molecule has 0 aromatic heterocycles. The SMILES string of the molecule is Cc1cc(NC(=O)c2ccc(Cl)c(C(F)(F)C(=O)N3C4CCC3CC(O)C4)c2)ccc1F. The molecule has 2 atom stereocenters. The maximum Gasteiger partial charge on any atom is 0.351 e. The van der Waals surface area contributed by atoms with Gasteiger partial charge in [-0.15, -0.1) is 0 Å². The summed E-state index contributed by atoms with van der Waals surface area (Å²) in [5, 5.41) is 12.1. The molecule has 2 fully saturated rings. The molecule has 0 saturated carbocycles. The number of carbonyl (C=O) groups excluding carboxylic acids is 2. The van der Waals surface area contributed by atoms with Crippen LogP contribution in [0.3, 0.4) is 0 Å². The minimum Gasteiger partial charge on any atom is -0.393 e. The smallest absolute Gasteiger partial charge is 0.351 e. The Balaban J connectivity index is 1.59. The molecule has 0 spiro atoms. The number of aliphatic hydroxyl groups is 1. The molecule has 2 heterocycles. The molecule has 2 amide bonds. The summed E-state index contributed by atoms with van der Waals surface area (Å²) < 4.78 is 44.1. The molecule has 2 aromatic rings. The van der Waals surface area contributed by atoms with E-state index in [0.717, 1.165) is 12.1 Å². The Kier molecular flexibility index (Phi) is 5.94. The zero-order chi connectivity index (χ0) is 23.2. The van der Waals surface area contributed by atoms with Gasteiger partial charge in [0.1, 0.15) is 5.82 Å². The van der Waals surface area contributed by atoms with Crippen LogP contribution >= 0.6 is 11.6 Å². The van der Waals surface area contributed by atoms with Crippen molar-refractivity contribution in [3.8, 4) is 0 Å². The summed E-state index contributed by atoms with van der Waals surface area (Å²) in [6.45, 7) is 1.53. The number of aryl methyl sites for hydroxylation is 1. The van der Waals surface area contributed by atoms with E-state index in [4.69, 9.17) is 11.6 Å². The number of halogens is 4. The van der Waals surface area contributed by atoms with Crippen molar-refractivity contribution in [1.29, 1.82) is 0 Å². The van der Waals surface area contributed by atoms with E-state index in [-0.39, 0.29) is 23.4 Å². The number of alkyl halides is 2. The molecular formula is C23H22ClF3N2O3. The summed E-state index contributed by atoms with van der Waals surface area (Å²) in [4.78, 5) is 26.7. The largest absolute Gasteiger partial charge is 0.393 e. The van der Waals surface area contributed by atoms with Crippen LogP contribution in [0.5, 0.6) is 0 Å². The fourth-order valence-corrected chi connectivity index (χ4v) is 4.83. The Morgan fingerprint density at radius 3 is 2.41 bits per heavy atom. The highest BCUT2D eigenvalue weighted by molar-refractivity contribution is 6.32. The van der Waals surface area contributed by atoms with Gasteiger partial charge in [0.15, 0.2) is 0 Å². The van der Waals surface area contributed by atoms with E-state index in [1.165, 1.54) is 36.1 Å². The third-order valence-corrected chi connectivity index (χ3v) is 6.52. The van der Waals surface area contributed by atoms with Crippen LogP contribution < -0.4 is 5.32 Å². The van der Waals surface area contributed by atoms with Gasteiger partial charge in [-0.2, -0.15) is 8.78 Å². The number of hydrogen-bond acceptors (Lipinski definition) is 3. The first-order valence-corrected chi connectivity index (χ1v) is 10.7. The Hall–Kier alpha value is -2.58. The molecule has 2 aliphatic rings. The number of carbonyl (C=O) groups is 2. The van der Waals surface area contributed by atoms with E-state index in [0.29, 0.717) is 24.1 Å². The highest BCUT2D eigenvalue weighted by Crippen LogP contribution is 2.42. The van der Waals surface area contributed by atoms with Crippen LogP contribution in [0, 0.1) is 12.7 Å². The number of rotatable bonds is 4. The van der Waals surface area contributed by atoms with Crippen LogP contribution in [-0.4, -0.2) is 40.0 Å². The van der Waals surface area contributed by atoms with Crippen molar-refractivity contribution in [3.05, 3.63) is 63.9 Å². The zero-order valence-electron chi connectivity index (χ0n) is 17.2. The van der Waals surface area contributed by atoms with Crippen molar-refractivity contribution in [2.75, 3.05) is 5.32 Å². The Labute approximate surface area is 188 Å². The van der Waals surface area contributed by atoms with Gasteiger partial charge in [0.2, 0.25) is 0 Å². The van der Waals surface area contributed by atoms with Gasteiger partial charge in [0, 0.05) is 23.3 Å². The lowest BCUT2D eigenvalue weighted by atomic mass is 9.97. The molecule has 32 heavy (non-hydrogen) atoms. The molecule has 2 bridgehead atoms. The molecule has 2 saturated heterocycles. The van der Waals surface area contributed by atoms with E-state index >= 15 is 8.78 Å². The van der Waals surface area contributed by atoms with E-state index in [1.54, 1.807) is 0 Å². The number of amides is 2. The molecule has 170 valence electrons. The first-order chi connectivity index (χ1) is 15.1. The summed E-state index contributed by atoms with van der Waals surface area (Å²) in [6, 6.07) is 6.43. The van der Waals surface area contributed by atoms with Gasteiger partial charge in [0.05, 0.1) is 16.7 Å². The molecule has 9 heteroatoms. The zero-order valence-corrected chi connectivity index (χ0v) is 18.0. The van der Waals surface area contributed by atoms with Gasteiger partial charge in [-0.1, -0.05) is 11.6 Å². The normalized spacial score (nSPS) is 22.7. The van der Waals surface area contributed by atoms with Gasteiger partial charge in [-0.25, -0.2) is 4.39 Å². The van der Waals surface area contributed by atoms with E-state index in [1.807, 2.05) is 0 Å². The summed E-state index contributed by atoms with van der Waals surface area (Å²) in [5.41, 5.74) is -0.247. The molecule has 4 rings (SSSR count). The maximum atomic E-state index is 15.3. The first-order valence-electron chi connectivity index (χ1n) is 10.3. The van der Waals surface area contributed by atoms with Crippen molar-refractivity contribution in [1.82, 2.24) is 4.90 Å². The van der Waals surface area contributed by atoms with Gasteiger partial charge >= 0.3 is 5.92 Å². The number of nitrogens with one attached hydrogen (secondary N) is 1. The van der Waals surface area contributed by atoms with Crippen molar-refractivity contribution < 1.29 is 27.9 Å². The molecule has 2 aromatic carbocycles. The standard InChI is InChI=1S/C23H22ClF3N2O3/c1-12-8-14(3-7-20(12)25)28-21(31)13-2-6-19(24)18(9-13)23(26,27)22(32)29-15-4-5-16(29)11-17(30)10-15/h2-3,6-9,15-17,30H,4-5,10-11H2,1H3,(H,28,31). The second-order valence-electron chi connectivity index (χ2n) is 8.41. The molecule has 0 aliphatic carbocycles. The van der Waals surface area contributed by atoms with E-state index in [9.17, 15) is 19.1 Å². The number of aliphatic hydroxyl groups excluding tert-OH is 1. The maximum absolute atomic E-state index is 15.3. The molecule has 2 aliphatic heterocycles. The third kappa shape index (κ3) is 4.09. The van der Waals surface area contributed by atoms with Crippen LogP contribution in [0.4, 0.5) is 18.9 Å². The Morgan fingerprint density at radius 1 is 1.12 bits per heavy atom. The average Bonchev–Trinajstić information content (AvgIpc) is 3.00. The van der Waals surface area contributed by atoms with Gasteiger partial charge < -0.3 is 15.3 Å². The van der Waals surface area contributed by atoms with Crippen molar-refractivity contribution in [2.24, 2.45) is 0 Å². The van der Waals surface area contributed by atoms with Crippen molar-refractivity contribution >= 4 is 29.1 Å². The lowest BCUT2D eigenvalue weighted by molar-refractivity contribution is -0.165. The van der Waals surface area contributed by atoms with Crippen LogP contribution in [-0.2, 0) is 10.7 Å². The van der Waals surface area contributed by atoms with E-state index < -0.39 is 47.3 Å². The lowest BCUT2D eigenvalue weighted by Crippen LogP contribution is -2.52. The minimum absolute atomic E-state index is 0.115. The molecular weight excluding hydrogens is 445 g/mol. The van der Waals surface area contributed by atoms with Crippen molar-refractivity contribution in [3.63, 3.8) is 0 Å². The highest BCUT2D eigenvalue weighted by atomic mass is 35.5. The van der Waals surface area contributed by atoms with Crippen molar-refractivity contribution in [2.45, 2.75) is 56.7 Å². The summed E-state index contributed by atoms with van der Waals surface area (Å²) in [6.07, 6.45) is 1.07. The quantitative estimate of drug-likeness (QED) is 0.689. The Bertz CT molecular complexity index is 1060. The van der Waals surface area contributed by atoms with Gasteiger partial charge in [0.25, 0.3) is 11.8 Å².